The maximum Gasteiger partial charge on any atom is 0.262 e. The number of benzene rings is 1. The molecule has 2 aromatic rings. The molecule has 0 aliphatic carbocycles. The smallest absolute Gasteiger partial charge is 0.262 e. The van der Waals surface area contributed by atoms with Crippen LogP contribution in [0.2, 0.25) is 0 Å². The van der Waals surface area contributed by atoms with Crippen molar-refractivity contribution in [2.75, 3.05) is 29.4 Å². The maximum absolute atomic E-state index is 13.4. The summed E-state index contributed by atoms with van der Waals surface area (Å²) in [6, 6.07) is 11.8. The molecule has 1 fully saturated rings. The Morgan fingerprint density at radius 2 is 1.97 bits per heavy atom. The number of carbonyl (C=O) groups excluding carboxylic acids is 2. The largest absolute Gasteiger partial charge is 0.354 e. The quantitative estimate of drug-likeness (QED) is 0.869. The van der Waals surface area contributed by atoms with E-state index >= 15 is 0 Å². The van der Waals surface area contributed by atoms with E-state index in [1.807, 2.05) is 49.1 Å². The van der Waals surface area contributed by atoms with Crippen LogP contribution in [0.25, 0.3) is 0 Å². The summed E-state index contributed by atoms with van der Waals surface area (Å²) in [5, 5.41) is 3.13. The fourth-order valence-electron chi connectivity index (χ4n) is 4.17. The van der Waals surface area contributed by atoms with Gasteiger partial charge >= 0.3 is 0 Å². The number of hydrogen-bond acceptors (Lipinski definition) is 4. The lowest BCUT2D eigenvalue weighted by Gasteiger charge is -2.35. The van der Waals surface area contributed by atoms with Gasteiger partial charge in [0, 0.05) is 43.5 Å². The van der Waals surface area contributed by atoms with E-state index < -0.39 is 0 Å². The third-order valence-electron chi connectivity index (χ3n) is 5.74. The Labute approximate surface area is 171 Å². The van der Waals surface area contributed by atoms with Crippen LogP contribution in [-0.2, 0) is 11.2 Å². The predicted octanol–water partition coefficient (Wildman–Crippen LogP) is 3.03. The van der Waals surface area contributed by atoms with E-state index in [0.29, 0.717) is 24.5 Å². The molecule has 1 unspecified atom stereocenters. The van der Waals surface area contributed by atoms with E-state index in [1.54, 1.807) is 6.20 Å². The summed E-state index contributed by atoms with van der Waals surface area (Å²) >= 11 is 0. The number of nitrogens with one attached hydrogen (secondary N) is 1. The number of hydrogen-bond donors (Lipinski definition) is 1. The molecule has 3 heterocycles. The zero-order valence-corrected chi connectivity index (χ0v) is 17.1. The molecule has 1 N–H and O–H groups in total. The zero-order valence-electron chi connectivity index (χ0n) is 17.1. The first kappa shape index (κ1) is 19.4. The highest BCUT2D eigenvalue weighted by Gasteiger charge is 2.30. The molecule has 0 saturated carbocycles. The number of fused-ring (bicyclic) bond motifs is 1. The van der Waals surface area contributed by atoms with E-state index in [-0.39, 0.29) is 23.8 Å². The molecular formula is C23H28N4O2. The van der Waals surface area contributed by atoms with E-state index in [4.69, 9.17) is 0 Å². The van der Waals surface area contributed by atoms with Crippen LogP contribution in [-0.4, -0.2) is 42.5 Å². The van der Waals surface area contributed by atoms with E-state index in [2.05, 4.69) is 21.3 Å². The lowest BCUT2D eigenvalue weighted by molar-refractivity contribution is -0.124. The summed E-state index contributed by atoms with van der Waals surface area (Å²) in [5.74, 6) is 0.743. The van der Waals surface area contributed by atoms with Gasteiger partial charge in [0.15, 0.2) is 0 Å². The molecule has 1 aromatic carbocycles. The Kier molecular flexibility index (Phi) is 5.51. The third-order valence-corrected chi connectivity index (χ3v) is 5.74. The van der Waals surface area contributed by atoms with Crippen LogP contribution in [0.5, 0.6) is 0 Å². The normalized spacial score (nSPS) is 18.7. The molecule has 1 atom stereocenters. The van der Waals surface area contributed by atoms with Gasteiger partial charge in [-0.3, -0.25) is 9.59 Å². The number of carbonyl (C=O) groups is 2. The zero-order chi connectivity index (χ0) is 20.4. The number of rotatable bonds is 4. The first-order valence-electron chi connectivity index (χ1n) is 10.4. The number of nitrogens with zero attached hydrogens (tertiary/aromatic N) is 3. The predicted molar refractivity (Wildman–Crippen MR) is 114 cm³/mol. The second kappa shape index (κ2) is 8.23. The van der Waals surface area contributed by atoms with Crippen molar-refractivity contribution in [3.63, 3.8) is 0 Å². The highest BCUT2D eigenvalue weighted by atomic mass is 16.2. The first-order chi connectivity index (χ1) is 14.0. The van der Waals surface area contributed by atoms with Gasteiger partial charge in [-0.05, 0) is 43.0 Å². The van der Waals surface area contributed by atoms with Gasteiger partial charge in [-0.1, -0.05) is 32.0 Å². The van der Waals surface area contributed by atoms with Gasteiger partial charge in [0.2, 0.25) is 5.91 Å². The van der Waals surface area contributed by atoms with Crippen molar-refractivity contribution >= 4 is 23.3 Å². The van der Waals surface area contributed by atoms with Crippen molar-refractivity contribution in [3.05, 3.63) is 53.7 Å². The summed E-state index contributed by atoms with van der Waals surface area (Å²) in [4.78, 5) is 34.1. The molecular weight excluding hydrogens is 364 g/mol. The minimum absolute atomic E-state index is 0.00797. The van der Waals surface area contributed by atoms with Crippen LogP contribution < -0.4 is 15.1 Å². The summed E-state index contributed by atoms with van der Waals surface area (Å²) in [6.07, 6.45) is 4.52. The second-order valence-electron chi connectivity index (χ2n) is 8.16. The number of anilines is 2. The SMILES string of the molecule is CC(C)C(=O)NC1CCCN(c2ncccc2C(=O)N2CCc3ccccc32)C1. The summed E-state index contributed by atoms with van der Waals surface area (Å²) in [7, 11) is 0. The summed E-state index contributed by atoms with van der Waals surface area (Å²) in [5.41, 5.74) is 2.83. The summed E-state index contributed by atoms with van der Waals surface area (Å²) < 4.78 is 0. The second-order valence-corrected chi connectivity index (χ2v) is 8.16. The minimum Gasteiger partial charge on any atom is -0.354 e. The van der Waals surface area contributed by atoms with Gasteiger partial charge < -0.3 is 15.1 Å². The number of pyridine rings is 1. The van der Waals surface area contributed by atoms with Gasteiger partial charge in [0.1, 0.15) is 5.82 Å². The third kappa shape index (κ3) is 3.97. The van der Waals surface area contributed by atoms with Crippen molar-refractivity contribution < 1.29 is 9.59 Å². The summed E-state index contributed by atoms with van der Waals surface area (Å²) in [6.45, 7) is 6.01. The molecule has 1 aromatic heterocycles. The van der Waals surface area contributed by atoms with Crippen LogP contribution in [0, 0.1) is 5.92 Å². The van der Waals surface area contributed by atoms with E-state index in [1.165, 1.54) is 5.56 Å². The first-order valence-corrected chi connectivity index (χ1v) is 10.4. The Hall–Kier alpha value is -2.89. The molecule has 0 bridgehead atoms. The molecule has 1 saturated heterocycles. The van der Waals surface area contributed by atoms with Crippen LogP contribution >= 0.6 is 0 Å². The molecule has 6 nitrogen and oxygen atoms in total. The molecule has 152 valence electrons. The topological polar surface area (TPSA) is 65.5 Å². The van der Waals surface area contributed by atoms with Gasteiger partial charge in [-0.2, -0.15) is 0 Å². The maximum atomic E-state index is 13.4. The van der Waals surface area contributed by atoms with Crippen molar-refractivity contribution in [2.45, 2.75) is 39.2 Å². The number of amides is 2. The van der Waals surface area contributed by atoms with E-state index in [0.717, 1.165) is 31.5 Å². The Balaban J connectivity index is 1.56. The lowest BCUT2D eigenvalue weighted by Crippen LogP contribution is -2.49. The van der Waals surface area contributed by atoms with Gasteiger partial charge in [-0.15, -0.1) is 0 Å². The monoisotopic (exact) mass is 392 g/mol. The Bertz CT molecular complexity index is 911. The number of aromatic nitrogens is 1. The molecule has 2 aliphatic heterocycles. The molecule has 0 spiro atoms. The van der Waals surface area contributed by atoms with Crippen LogP contribution in [0.1, 0.15) is 42.6 Å². The average Bonchev–Trinajstić information content (AvgIpc) is 3.17. The molecule has 4 rings (SSSR count). The highest BCUT2D eigenvalue weighted by Crippen LogP contribution is 2.31. The van der Waals surface area contributed by atoms with Crippen molar-refractivity contribution in [2.24, 2.45) is 5.92 Å². The van der Waals surface area contributed by atoms with Crippen molar-refractivity contribution in [1.82, 2.24) is 10.3 Å². The standard InChI is InChI=1S/C23H28N4O2/c1-16(2)22(28)25-18-8-6-13-26(15-18)21-19(9-5-12-24-21)23(29)27-14-11-17-7-3-4-10-20(17)27/h3-5,7,9-10,12,16,18H,6,8,11,13-15H2,1-2H3,(H,25,28). The average molecular weight is 393 g/mol. The fraction of sp³-hybridized carbons (Fsp3) is 0.435. The van der Waals surface area contributed by atoms with Crippen LogP contribution in [0.3, 0.4) is 0 Å². The van der Waals surface area contributed by atoms with Crippen LogP contribution in [0.4, 0.5) is 11.5 Å². The van der Waals surface area contributed by atoms with Crippen molar-refractivity contribution in [1.29, 1.82) is 0 Å². The highest BCUT2D eigenvalue weighted by molar-refractivity contribution is 6.10. The van der Waals surface area contributed by atoms with Crippen LogP contribution in [0.15, 0.2) is 42.6 Å². The Morgan fingerprint density at radius 3 is 2.79 bits per heavy atom. The lowest BCUT2D eigenvalue weighted by atomic mass is 10.0. The molecule has 0 radical (unpaired) electrons. The molecule has 2 amide bonds. The van der Waals surface area contributed by atoms with Gasteiger partial charge in [0.05, 0.1) is 5.56 Å². The number of para-hydroxylation sites is 1. The molecule has 2 aliphatic rings. The van der Waals surface area contributed by atoms with E-state index in [9.17, 15) is 9.59 Å². The number of piperidine rings is 1. The Morgan fingerprint density at radius 1 is 1.14 bits per heavy atom. The van der Waals surface area contributed by atoms with Crippen molar-refractivity contribution in [3.8, 4) is 0 Å². The molecule has 29 heavy (non-hydrogen) atoms. The van der Waals surface area contributed by atoms with Gasteiger partial charge in [0.25, 0.3) is 5.91 Å². The molecule has 6 heteroatoms. The fourth-order valence-corrected chi connectivity index (χ4v) is 4.17. The van der Waals surface area contributed by atoms with Gasteiger partial charge in [-0.25, -0.2) is 4.98 Å². The minimum atomic E-state index is -0.0346.